The van der Waals surface area contributed by atoms with E-state index in [2.05, 4.69) is 22.2 Å². The van der Waals surface area contributed by atoms with E-state index in [4.69, 9.17) is 4.74 Å². The number of benzene rings is 2. The van der Waals surface area contributed by atoms with Gasteiger partial charge in [0.1, 0.15) is 0 Å². The van der Waals surface area contributed by atoms with Crippen LogP contribution in [-0.2, 0) is 6.54 Å². The highest BCUT2D eigenvalue weighted by atomic mass is 32.2. The molecule has 0 saturated carbocycles. The average molecular weight is 375 g/mol. The summed E-state index contributed by atoms with van der Waals surface area (Å²) in [7, 11) is 1.57. The van der Waals surface area contributed by atoms with Crippen molar-refractivity contribution in [3.05, 3.63) is 89.0 Å². The number of nitrogens with zero attached hydrogens (tertiary/aromatic N) is 3. The van der Waals surface area contributed by atoms with Crippen molar-refractivity contribution in [1.29, 1.82) is 0 Å². The van der Waals surface area contributed by atoms with Crippen molar-refractivity contribution in [2.75, 3.05) is 7.11 Å². The first-order valence-corrected chi connectivity index (χ1v) is 9.26. The van der Waals surface area contributed by atoms with Gasteiger partial charge in [0, 0.05) is 27.4 Å². The van der Waals surface area contributed by atoms with E-state index in [1.165, 1.54) is 4.68 Å². The number of aromatic nitrogens is 3. The van der Waals surface area contributed by atoms with Gasteiger partial charge in [0.15, 0.2) is 0 Å². The van der Waals surface area contributed by atoms with Gasteiger partial charge in [-0.2, -0.15) is 5.10 Å². The molecule has 0 fully saturated rings. The SMILES string of the molecule is COc1ccc(Cn2ncc3cc(Sc4ccccc4)ccc3c2=O)cn1. The Hall–Kier alpha value is -3.12. The molecule has 27 heavy (non-hydrogen) atoms. The molecule has 0 aliphatic heterocycles. The Balaban J connectivity index is 1.61. The van der Waals surface area contributed by atoms with E-state index in [0.29, 0.717) is 17.8 Å². The lowest BCUT2D eigenvalue weighted by Gasteiger charge is -2.08. The van der Waals surface area contributed by atoms with Crippen molar-refractivity contribution < 1.29 is 4.74 Å². The van der Waals surface area contributed by atoms with Gasteiger partial charge in [-0.3, -0.25) is 4.79 Å². The summed E-state index contributed by atoms with van der Waals surface area (Å²) < 4.78 is 6.51. The van der Waals surface area contributed by atoms with Gasteiger partial charge < -0.3 is 4.74 Å². The van der Waals surface area contributed by atoms with Crippen molar-refractivity contribution in [3.8, 4) is 5.88 Å². The highest BCUT2D eigenvalue weighted by Gasteiger charge is 2.07. The molecule has 0 radical (unpaired) electrons. The second-order valence-electron chi connectivity index (χ2n) is 5.98. The second kappa shape index (κ2) is 7.63. The zero-order valence-corrected chi connectivity index (χ0v) is 15.5. The quantitative estimate of drug-likeness (QED) is 0.528. The van der Waals surface area contributed by atoms with E-state index in [0.717, 1.165) is 20.7 Å². The predicted molar refractivity (Wildman–Crippen MR) is 106 cm³/mol. The number of pyridine rings is 1. The van der Waals surface area contributed by atoms with Gasteiger partial charge in [-0.05, 0) is 35.9 Å². The lowest BCUT2D eigenvalue weighted by atomic mass is 10.2. The van der Waals surface area contributed by atoms with Crippen LogP contribution in [0.5, 0.6) is 5.88 Å². The number of ether oxygens (including phenoxy) is 1. The number of rotatable bonds is 5. The normalized spacial score (nSPS) is 10.9. The highest BCUT2D eigenvalue weighted by molar-refractivity contribution is 7.99. The molecule has 4 aromatic rings. The van der Waals surface area contributed by atoms with Crippen molar-refractivity contribution >= 4 is 22.5 Å². The Morgan fingerprint density at radius 2 is 1.85 bits per heavy atom. The Kier molecular flexibility index (Phi) is 4.89. The molecule has 2 heterocycles. The number of fused-ring (bicyclic) bond motifs is 1. The summed E-state index contributed by atoms with van der Waals surface area (Å²) in [6.45, 7) is 0.367. The van der Waals surface area contributed by atoms with Crippen LogP contribution in [0.3, 0.4) is 0 Å². The van der Waals surface area contributed by atoms with E-state index in [-0.39, 0.29) is 5.56 Å². The molecule has 2 aromatic heterocycles. The standard InChI is InChI=1S/C21H17N3O2S/c1-26-20-10-7-15(12-22-20)14-24-21(25)19-9-8-18(11-16(19)13-23-24)27-17-5-3-2-4-6-17/h2-13H,14H2,1H3. The van der Waals surface area contributed by atoms with Crippen LogP contribution >= 0.6 is 11.8 Å². The predicted octanol–water partition coefficient (Wildman–Crippen LogP) is 4.00. The van der Waals surface area contributed by atoms with Crippen molar-refractivity contribution in [2.45, 2.75) is 16.3 Å². The smallest absolute Gasteiger partial charge is 0.274 e. The zero-order valence-electron chi connectivity index (χ0n) is 14.7. The molecule has 0 aliphatic rings. The molecule has 0 amide bonds. The Morgan fingerprint density at radius 1 is 1.00 bits per heavy atom. The average Bonchev–Trinajstić information content (AvgIpc) is 2.71. The number of hydrogen-bond donors (Lipinski definition) is 0. The molecule has 0 unspecified atom stereocenters. The second-order valence-corrected chi connectivity index (χ2v) is 7.13. The van der Waals surface area contributed by atoms with Crippen LogP contribution in [0.25, 0.3) is 10.8 Å². The van der Waals surface area contributed by atoms with E-state index in [1.807, 2.05) is 42.5 Å². The molecular weight excluding hydrogens is 358 g/mol. The summed E-state index contributed by atoms with van der Waals surface area (Å²) in [6, 6.07) is 19.6. The maximum Gasteiger partial charge on any atom is 0.274 e. The molecule has 5 nitrogen and oxygen atoms in total. The fraction of sp³-hybridized carbons (Fsp3) is 0.0952. The summed E-state index contributed by atoms with van der Waals surface area (Å²) in [5.74, 6) is 0.543. The topological polar surface area (TPSA) is 57.0 Å². The maximum absolute atomic E-state index is 12.8. The third-order valence-electron chi connectivity index (χ3n) is 4.14. The summed E-state index contributed by atoms with van der Waals surface area (Å²) in [4.78, 5) is 19.2. The van der Waals surface area contributed by atoms with Crippen LogP contribution in [0.15, 0.2) is 87.6 Å². The van der Waals surface area contributed by atoms with Gasteiger partial charge in [0.25, 0.3) is 5.56 Å². The Morgan fingerprint density at radius 3 is 2.59 bits per heavy atom. The lowest BCUT2D eigenvalue weighted by Crippen LogP contribution is -2.23. The molecule has 0 bridgehead atoms. The zero-order chi connectivity index (χ0) is 18.6. The minimum atomic E-state index is -0.112. The summed E-state index contributed by atoms with van der Waals surface area (Å²) in [5.41, 5.74) is 0.778. The van der Waals surface area contributed by atoms with Crippen LogP contribution in [-0.4, -0.2) is 21.9 Å². The fourth-order valence-electron chi connectivity index (χ4n) is 2.76. The highest BCUT2D eigenvalue weighted by Crippen LogP contribution is 2.29. The minimum Gasteiger partial charge on any atom is -0.481 e. The molecule has 6 heteroatoms. The molecule has 2 aromatic carbocycles. The van der Waals surface area contributed by atoms with Crippen molar-refractivity contribution in [2.24, 2.45) is 0 Å². The van der Waals surface area contributed by atoms with Gasteiger partial charge >= 0.3 is 0 Å². The van der Waals surface area contributed by atoms with Crippen LogP contribution in [0, 0.1) is 0 Å². The lowest BCUT2D eigenvalue weighted by molar-refractivity contribution is 0.397. The van der Waals surface area contributed by atoms with E-state index in [1.54, 1.807) is 37.3 Å². The number of hydrogen-bond acceptors (Lipinski definition) is 5. The molecule has 134 valence electrons. The number of methoxy groups -OCH3 is 1. The van der Waals surface area contributed by atoms with E-state index < -0.39 is 0 Å². The first-order chi connectivity index (χ1) is 13.2. The summed E-state index contributed by atoms with van der Waals surface area (Å²) in [5, 5.41) is 5.82. The molecule has 0 N–H and O–H groups in total. The van der Waals surface area contributed by atoms with Crippen molar-refractivity contribution in [3.63, 3.8) is 0 Å². The van der Waals surface area contributed by atoms with E-state index in [9.17, 15) is 4.79 Å². The third-order valence-corrected chi connectivity index (χ3v) is 5.14. The van der Waals surface area contributed by atoms with Gasteiger partial charge in [-0.1, -0.05) is 36.0 Å². The Labute approximate surface area is 160 Å². The molecule has 0 spiro atoms. The van der Waals surface area contributed by atoms with Gasteiger partial charge in [0.05, 0.1) is 25.2 Å². The van der Waals surface area contributed by atoms with Crippen molar-refractivity contribution in [1.82, 2.24) is 14.8 Å². The minimum absolute atomic E-state index is 0.112. The molecule has 0 atom stereocenters. The van der Waals surface area contributed by atoms with Crippen LogP contribution in [0.2, 0.25) is 0 Å². The van der Waals surface area contributed by atoms with E-state index >= 15 is 0 Å². The maximum atomic E-state index is 12.8. The van der Waals surface area contributed by atoms with Gasteiger partial charge in [0.2, 0.25) is 5.88 Å². The first kappa shape index (κ1) is 17.3. The molecular formula is C21H17N3O2S. The van der Waals surface area contributed by atoms with Gasteiger partial charge in [-0.15, -0.1) is 0 Å². The largest absolute Gasteiger partial charge is 0.481 e. The van der Waals surface area contributed by atoms with Gasteiger partial charge in [-0.25, -0.2) is 9.67 Å². The molecule has 0 saturated heterocycles. The first-order valence-electron chi connectivity index (χ1n) is 8.44. The molecule has 4 rings (SSSR count). The third kappa shape index (κ3) is 3.85. The summed E-state index contributed by atoms with van der Waals surface area (Å²) >= 11 is 1.66. The van der Waals surface area contributed by atoms with Crippen LogP contribution in [0.1, 0.15) is 5.56 Å². The fourth-order valence-corrected chi connectivity index (χ4v) is 3.65. The monoisotopic (exact) mass is 375 g/mol. The van der Waals surface area contributed by atoms with Crippen LogP contribution in [0.4, 0.5) is 0 Å². The summed E-state index contributed by atoms with van der Waals surface area (Å²) in [6.07, 6.45) is 3.43. The molecule has 0 aliphatic carbocycles. The Bertz CT molecular complexity index is 1130. The van der Waals surface area contributed by atoms with Crippen LogP contribution < -0.4 is 10.3 Å².